The predicted molar refractivity (Wildman–Crippen MR) is 105 cm³/mol. The maximum Gasteiger partial charge on any atom is 0.135 e. The minimum Gasteiger partial charge on any atom is -0.206 e. The third-order valence-electron chi connectivity index (χ3n) is 4.25. The SMILES string of the molecule is CCCCCCCc1cc(F)c(/C=N/N=C/c2ccc(C)cc2)c(F)c1. The summed E-state index contributed by atoms with van der Waals surface area (Å²) in [5.41, 5.74) is 2.57. The number of aryl methyl sites for hydroxylation is 2. The second-order valence-electron chi connectivity index (χ2n) is 6.54. The first kappa shape index (κ1) is 20.0. The summed E-state index contributed by atoms with van der Waals surface area (Å²) in [5, 5.41) is 7.63. The van der Waals surface area contributed by atoms with Crippen molar-refractivity contribution in [1.29, 1.82) is 0 Å². The number of unbranched alkanes of at least 4 members (excludes halogenated alkanes) is 4. The molecule has 0 spiro atoms. The van der Waals surface area contributed by atoms with Crippen molar-refractivity contribution in [2.45, 2.75) is 52.4 Å². The third kappa shape index (κ3) is 6.51. The number of halogens is 2. The topological polar surface area (TPSA) is 24.7 Å². The van der Waals surface area contributed by atoms with Crippen molar-refractivity contribution in [3.63, 3.8) is 0 Å². The van der Waals surface area contributed by atoms with E-state index in [2.05, 4.69) is 17.1 Å². The van der Waals surface area contributed by atoms with Crippen LogP contribution in [0.15, 0.2) is 46.6 Å². The van der Waals surface area contributed by atoms with Gasteiger partial charge in [-0.25, -0.2) is 8.78 Å². The molecule has 0 heterocycles. The third-order valence-corrected chi connectivity index (χ3v) is 4.25. The highest BCUT2D eigenvalue weighted by molar-refractivity contribution is 5.83. The van der Waals surface area contributed by atoms with Crippen LogP contribution in [0.1, 0.15) is 61.3 Å². The number of rotatable bonds is 9. The molecule has 2 aromatic carbocycles. The molecule has 0 N–H and O–H groups in total. The van der Waals surface area contributed by atoms with E-state index in [0.29, 0.717) is 12.0 Å². The smallest absolute Gasteiger partial charge is 0.135 e. The Labute approximate surface area is 154 Å². The first-order valence-electron chi connectivity index (χ1n) is 9.21. The minimum absolute atomic E-state index is 0.152. The van der Waals surface area contributed by atoms with Gasteiger partial charge in [0, 0.05) is 0 Å². The lowest BCUT2D eigenvalue weighted by Gasteiger charge is -2.05. The van der Waals surface area contributed by atoms with Gasteiger partial charge in [-0.1, -0.05) is 62.4 Å². The molecule has 2 rings (SSSR count). The van der Waals surface area contributed by atoms with Crippen LogP contribution in [0, 0.1) is 18.6 Å². The fraction of sp³-hybridized carbons (Fsp3) is 0.364. The van der Waals surface area contributed by atoms with Crippen LogP contribution in [0.25, 0.3) is 0 Å². The molecule has 0 aliphatic heterocycles. The fourth-order valence-corrected chi connectivity index (χ4v) is 2.68. The molecule has 0 bridgehead atoms. The van der Waals surface area contributed by atoms with Crippen LogP contribution in [0.3, 0.4) is 0 Å². The van der Waals surface area contributed by atoms with E-state index in [0.717, 1.165) is 30.2 Å². The zero-order chi connectivity index (χ0) is 18.8. The Kier molecular flexibility index (Phi) is 8.13. The van der Waals surface area contributed by atoms with Gasteiger partial charge < -0.3 is 0 Å². The van der Waals surface area contributed by atoms with E-state index in [1.165, 1.54) is 31.4 Å². The highest BCUT2D eigenvalue weighted by atomic mass is 19.1. The molecular formula is C22H26F2N2. The van der Waals surface area contributed by atoms with Gasteiger partial charge in [0.1, 0.15) is 11.6 Å². The molecule has 0 fully saturated rings. The first-order chi connectivity index (χ1) is 12.6. The summed E-state index contributed by atoms with van der Waals surface area (Å²) in [6.07, 6.45) is 8.98. The van der Waals surface area contributed by atoms with Crippen molar-refractivity contribution < 1.29 is 8.78 Å². The van der Waals surface area contributed by atoms with Crippen LogP contribution in [0.5, 0.6) is 0 Å². The molecule has 26 heavy (non-hydrogen) atoms. The first-order valence-corrected chi connectivity index (χ1v) is 9.21. The zero-order valence-corrected chi connectivity index (χ0v) is 15.5. The summed E-state index contributed by atoms with van der Waals surface area (Å²) in [6, 6.07) is 10.5. The van der Waals surface area contributed by atoms with Gasteiger partial charge in [0.05, 0.1) is 18.0 Å². The average Bonchev–Trinajstić information content (AvgIpc) is 2.62. The summed E-state index contributed by atoms with van der Waals surface area (Å²) in [5.74, 6) is -1.19. The van der Waals surface area contributed by atoms with Gasteiger partial charge in [0.2, 0.25) is 0 Å². The number of hydrogen-bond donors (Lipinski definition) is 0. The molecule has 0 saturated heterocycles. The van der Waals surface area contributed by atoms with E-state index in [1.807, 2.05) is 31.2 Å². The van der Waals surface area contributed by atoms with E-state index in [1.54, 1.807) is 6.21 Å². The Bertz CT molecular complexity index is 726. The van der Waals surface area contributed by atoms with E-state index < -0.39 is 11.6 Å². The Morgan fingerprint density at radius 1 is 0.846 bits per heavy atom. The summed E-state index contributed by atoms with van der Waals surface area (Å²) in [6.45, 7) is 4.16. The van der Waals surface area contributed by atoms with E-state index in [-0.39, 0.29) is 5.56 Å². The second-order valence-corrected chi connectivity index (χ2v) is 6.54. The molecule has 0 saturated carbocycles. The molecule has 0 amide bonds. The average molecular weight is 356 g/mol. The molecule has 0 aromatic heterocycles. The highest BCUT2D eigenvalue weighted by Gasteiger charge is 2.09. The van der Waals surface area contributed by atoms with Gasteiger partial charge in [-0.3, -0.25) is 0 Å². The van der Waals surface area contributed by atoms with Gasteiger partial charge in [-0.2, -0.15) is 10.2 Å². The summed E-state index contributed by atoms with van der Waals surface area (Å²) >= 11 is 0. The summed E-state index contributed by atoms with van der Waals surface area (Å²) in [7, 11) is 0. The highest BCUT2D eigenvalue weighted by Crippen LogP contribution is 2.16. The number of nitrogens with zero attached hydrogens (tertiary/aromatic N) is 2. The molecule has 4 heteroatoms. The number of hydrogen-bond acceptors (Lipinski definition) is 2. The van der Waals surface area contributed by atoms with Crippen LogP contribution in [0.4, 0.5) is 8.78 Å². The zero-order valence-electron chi connectivity index (χ0n) is 15.5. The molecule has 0 radical (unpaired) electrons. The van der Waals surface area contributed by atoms with E-state index >= 15 is 0 Å². The van der Waals surface area contributed by atoms with Crippen molar-refractivity contribution in [2.24, 2.45) is 10.2 Å². The van der Waals surface area contributed by atoms with Gasteiger partial charge >= 0.3 is 0 Å². The quantitative estimate of drug-likeness (QED) is 0.289. The molecule has 0 atom stereocenters. The van der Waals surface area contributed by atoms with Crippen molar-refractivity contribution in [1.82, 2.24) is 0 Å². The Morgan fingerprint density at radius 2 is 1.46 bits per heavy atom. The van der Waals surface area contributed by atoms with Crippen LogP contribution in [0.2, 0.25) is 0 Å². The normalized spacial score (nSPS) is 11.7. The van der Waals surface area contributed by atoms with Crippen molar-refractivity contribution >= 4 is 12.4 Å². The molecular weight excluding hydrogens is 330 g/mol. The fourth-order valence-electron chi connectivity index (χ4n) is 2.68. The Balaban J connectivity index is 1.95. The van der Waals surface area contributed by atoms with Crippen LogP contribution in [-0.4, -0.2) is 12.4 Å². The molecule has 2 aromatic rings. The Hall–Kier alpha value is -2.36. The maximum atomic E-state index is 14.2. The minimum atomic E-state index is -0.595. The molecule has 0 aliphatic carbocycles. The van der Waals surface area contributed by atoms with E-state index in [4.69, 9.17) is 0 Å². The lowest BCUT2D eigenvalue weighted by Crippen LogP contribution is -1.98. The van der Waals surface area contributed by atoms with Crippen LogP contribution >= 0.6 is 0 Å². The lowest BCUT2D eigenvalue weighted by atomic mass is 10.0. The monoisotopic (exact) mass is 356 g/mol. The largest absolute Gasteiger partial charge is 0.206 e. The van der Waals surface area contributed by atoms with Gasteiger partial charge in [0.25, 0.3) is 0 Å². The molecule has 2 nitrogen and oxygen atoms in total. The predicted octanol–water partition coefficient (Wildman–Crippen LogP) is 6.24. The van der Waals surface area contributed by atoms with Crippen molar-refractivity contribution in [3.05, 3.63) is 70.3 Å². The van der Waals surface area contributed by atoms with Gasteiger partial charge in [0.15, 0.2) is 0 Å². The number of benzene rings is 2. The van der Waals surface area contributed by atoms with Crippen molar-refractivity contribution in [3.8, 4) is 0 Å². The van der Waals surface area contributed by atoms with Gasteiger partial charge in [-0.15, -0.1) is 0 Å². The standard InChI is InChI=1S/C22H26F2N2/c1-3-4-5-6-7-8-19-13-21(23)20(22(24)14-19)16-26-25-15-18-11-9-17(2)10-12-18/h9-16H,3-8H2,1-2H3/b25-15+,26-16+. The Morgan fingerprint density at radius 3 is 2.12 bits per heavy atom. The van der Waals surface area contributed by atoms with Gasteiger partial charge in [-0.05, 0) is 43.0 Å². The van der Waals surface area contributed by atoms with Crippen molar-refractivity contribution in [2.75, 3.05) is 0 Å². The van der Waals surface area contributed by atoms with Crippen LogP contribution < -0.4 is 0 Å². The summed E-state index contributed by atoms with van der Waals surface area (Å²) in [4.78, 5) is 0. The van der Waals surface area contributed by atoms with E-state index in [9.17, 15) is 8.78 Å². The molecule has 0 unspecified atom stereocenters. The molecule has 0 aliphatic rings. The van der Waals surface area contributed by atoms with Crippen LogP contribution in [-0.2, 0) is 6.42 Å². The molecule has 138 valence electrons. The maximum absolute atomic E-state index is 14.2. The lowest BCUT2D eigenvalue weighted by molar-refractivity contribution is 0.572. The second kappa shape index (κ2) is 10.6. The summed E-state index contributed by atoms with van der Waals surface area (Å²) < 4.78 is 28.3.